The molecule has 7 nitrogen and oxygen atoms in total. The number of H-pyrrole nitrogens is 1. The van der Waals surface area contributed by atoms with Crippen LogP contribution >= 0.6 is 0 Å². The van der Waals surface area contributed by atoms with E-state index in [0.29, 0.717) is 35.6 Å². The van der Waals surface area contributed by atoms with Crippen LogP contribution in [0.2, 0.25) is 0 Å². The van der Waals surface area contributed by atoms with Crippen molar-refractivity contribution in [3.05, 3.63) is 59.1 Å². The summed E-state index contributed by atoms with van der Waals surface area (Å²) in [6.07, 6.45) is 5.40. The van der Waals surface area contributed by atoms with Crippen molar-refractivity contribution < 1.29 is 8.78 Å². The van der Waals surface area contributed by atoms with E-state index in [4.69, 9.17) is 0 Å². The van der Waals surface area contributed by atoms with Crippen LogP contribution in [0.3, 0.4) is 0 Å². The van der Waals surface area contributed by atoms with Crippen LogP contribution in [0.1, 0.15) is 42.9 Å². The Bertz CT molecular complexity index is 1050. The summed E-state index contributed by atoms with van der Waals surface area (Å²) in [6, 6.07) is 5.27. The van der Waals surface area contributed by atoms with Gasteiger partial charge in [0.2, 0.25) is 11.9 Å². The molecule has 0 bridgehead atoms. The van der Waals surface area contributed by atoms with E-state index in [1.807, 2.05) is 30.0 Å². The van der Waals surface area contributed by atoms with Crippen molar-refractivity contribution in [2.75, 3.05) is 16.8 Å². The molecule has 4 rings (SSSR count). The minimum Gasteiger partial charge on any atom is -0.334 e. The molecule has 3 aromatic rings. The number of allylic oxidation sites excluding steroid dienone is 1. The molecule has 1 aliphatic rings. The standard InChI is InChI=1S/C20H21F2N7/c1-3-5-14-11-18(28-27-14)25-19-23-12(2)24-20(26-19)29-9-4-6-17(29)15-8-7-13(21)10-16(15)22/h3,5,7-8,10-11,17H,4,6,9H2,1-2H3,(H2,23,24,25,26,27,28)/b5-3+. The molecule has 1 atom stereocenters. The molecule has 3 heterocycles. The summed E-state index contributed by atoms with van der Waals surface area (Å²) in [5.74, 6) is 0.782. The van der Waals surface area contributed by atoms with E-state index >= 15 is 0 Å². The molecule has 29 heavy (non-hydrogen) atoms. The third kappa shape index (κ3) is 4.08. The molecular formula is C20H21F2N7. The second-order valence-corrected chi connectivity index (χ2v) is 6.86. The average Bonchev–Trinajstić information content (AvgIpc) is 3.31. The minimum atomic E-state index is -0.588. The molecule has 2 N–H and O–H groups in total. The van der Waals surface area contributed by atoms with E-state index in [1.54, 1.807) is 6.92 Å². The lowest BCUT2D eigenvalue weighted by Gasteiger charge is -2.25. The van der Waals surface area contributed by atoms with Crippen molar-refractivity contribution in [3.8, 4) is 0 Å². The summed E-state index contributed by atoms with van der Waals surface area (Å²) in [5, 5.41) is 10.2. The number of benzene rings is 1. The van der Waals surface area contributed by atoms with Gasteiger partial charge in [-0.15, -0.1) is 0 Å². The van der Waals surface area contributed by atoms with E-state index in [2.05, 4.69) is 30.5 Å². The molecule has 0 amide bonds. The molecule has 0 spiro atoms. The molecular weight excluding hydrogens is 376 g/mol. The Morgan fingerprint density at radius 1 is 1.21 bits per heavy atom. The van der Waals surface area contributed by atoms with Crippen LogP contribution in [0, 0.1) is 18.6 Å². The highest BCUT2D eigenvalue weighted by atomic mass is 19.1. The highest BCUT2D eigenvalue weighted by Gasteiger charge is 2.30. The molecule has 150 valence electrons. The molecule has 1 aliphatic heterocycles. The molecule has 1 unspecified atom stereocenters. The summed E-state index contributed by atoms with van der Waals surface area (Å²) < 4.78 is 27.7. The quantitative estimate of drug-likeness (QED) is 0.668. The minimum absolute atomic E-state index is 0.253. The van der Waals surface area contributed by atoms with Crippen LogP contribution in [0.15, 0.2) is 30.3 Å². The van der Waals surface area contributed by atoms with Crippen LogP contribution in [0.25, 0.3) is 6.08 Å². The van der Waals surface area contributed by atoms with Crippen molar-refractivity contribution in [1.82, 2.24) is 25.1 Å². The first-order chi connectivity index (χ1) is 14.0. The third-order valence-corrected chi connectivity index (χ3v) is 4.75. The molecule has 2 aromatic heterocycles. The van der Waals surface area contributed by atoms with Gasteiger partial charge in [0.25, 0.3) is 0 Å². The lowest BCUT2D eigenvalue weighted by molar-refractivity contribution is 0.552. The van der Waals surface area contributed by atoms with Gasteiger partial charge < -0.3 is 10.2 Å². The monoisotopic (exact) mass is 397 g/mol. The molecule has 0 aliphatic carbocycles. The summed E-state index contributed by atoms with van der Waals surface area (Å²) >= 11 is 0. The van der Waals surface area contributed by atoms with Gasteiger partial charge in [0.1, 0.15) is 17.5 Å². The van der Waals surface area contributed by atoms with Crippen molar-refractivity contribution in [3.63, 3.8) is 0 Å². The highest BCUT2D eigenvalue weighted by Crippen LogP contribution is 2.36. The second-order valence-electron chi connectivity index (χ2n) is 6.86. The Morgan fingerprint density at radius 3 is 2.86 bits per heavy atom. The van der Waals surface area contributed by atoms with E-state index in [-0.39, 0.29) is 6.04 Å². The van der Waals surface area contributed by atoms with Gasteiger partial charge >= 0.3 is 0 Å². The number of hydrogen-bond acceptors (Lipinski definition) is 6. The zero-order valence-corrected chi connectivity index (χ0v) is 16.2. The van der Waals surface area contributed by atoms with Crippen molar-refractivity contribution >= 4 is 23.8 Å². The van der Waals surface area contributed by atoms with Gasteiger partial charge in [-0.3, -0.25) is 5.10 Å². The van der Waals surface area contributed by atoms with Crippen LogP contribution in [-0.4, -0.2) is 31.7 Å². The van der Waals surface area contributed by atoms with E-state index in [9.17, 15) is 8.78 Å². The molecule has 1 aromatic carbocycles. The second kappa shape index (κ2) is 7.94. The molecule has 0 saturated carbocycles. The summed E-state index contributed by atoms with van der Waals surface area (Å²) in [5.41, 5.74) is 1.30. The van der Waals surface area contributed by atoms with Crippen molar-refractivity contribution in [1.29, 1.82) is 0 Å². The number of aromatic amines is 1. The van der Waals surface area contributed by atoms with Gasteiger partial charge in [0.05, 0.1) is 11.7 Å². The van der Waals surface area contributed by atoms with E-state index < -0.39 is 11.6 Å². The van der Waals surface area contributed by atoms with Gasteiger partial charge in [0, 0.05) is 24.2 Å². The Kier molecular flexibility index (Phi) is 5.20. The average molecular weight is 397 g/mol. The number of rotatable bonds is 5. The lowest BCUT2D eigenvalue weighted by Crippen LogP contribution is -2.26. The van der Waals surface area contributed by atoms with Crippen LogP contribution in [0.4, 0.5) is 26.5 Å². The first-order valence-electron chi connectivity index (χ1n) is 9.43. The van der Waals surface area contributed by atoms with Crippen LogP contribution in [-0.2, 0) is 0 Å². The Labute approximate surface area is 166 Å². The fourth-order valence-corrected chi connectivity index (χ4v) is 3.53. The first-order valence-corrected chi connectivity index (χ1v) is 9.43. The zero-order valence-electron chi connectivity index (χ0n) is 16.2. The normalized spacial score (nSPS) is 16.7. The summed E-state index contributed by atoms with van der Waals surface area (Å²) in [6.45, 7) is 4.37. The maximum absolute atomic E-state index is 14.4. The number of aromatic nitrogens is 5. The molecule has 1 fully saturated rings. The first kappa shape index (κ1) is 19.0. The van der Waals surface area contributed by atoms with Gasteiger partial charge in [-0.25, -0.2) is 8.78 Å². The van der Waals surface area contributed by atoms with E-state index in [0.717, 1.165) is 24.6 Å². The zero-order chi connectivity index (χ0) is 20.4. The van der Waals surface area contributed by atoms with Gasteiger partial charge in [-0.05, 0) is 38.8 Å². The van der Waals surface area contributed by atoms with Crippen LogP contribution in [0.5, 0.6) is 0 Å². The van der Waals surface area contributed by atoms with Crippen LogP contribution < -0.4 is 10.2 Å². The third-order valence-electron chi connectivity index (χ3n) is 4.75. The van der Waals surface area contributed by atoms with Crippen molar-refractivity contribution in [2.45, 2.75) is 32.7 Å². The number of nitrogens with one attached hydrogen (secondary N) is 2. The topological polar surface area (TPSA) is 82.6 Å². The largest absolute Gasteiger partial charge is 0.334 e. The van der Waals surface area contributed by atoms with Crippen molar-refractivity contribution in [2.24, 2.45) is 0 Å². The number of aryl methyl sites for hydroxylation is 1. The Hall–Kier alpha value is -3.36. The Morgan fingerprint density at radius 2 is 2.07 bits per heavy atom. The SMILES string of the molecule is C/C=C/c1cc(Nc2nc(C)nc(N3CCCC3c3ccc(F)cc3F)n2)n[nH]1. The van der Waals surface area contributed by atoms with E-state index in [1.165, 1.54) is 12.1 Å². The maximum Gasteiger partial charge on any atom is 0.233 e. The predicted octanol–water partition coefficient (Wildman–Crippen LogP) is 4.30. The smallest absolute Gasteiger partial charge is 0.233 e. The molecule has 1 saturated heterocycles. The number of nitrogens with zero attached hydrogens (tertiary/aromatic N) is 5. The molecule has 0 radical (unpaired) electrons. The number of halogens is 2. The maximum atomic E-state index is 14.4. The lowest BCUT2D eigenvalue weighted by atomic mass is 10.0. The van der Waals surface area contributed by atoms with Gasteiger partial charge in [0.15, 0.2) is 5.82 Å². The van der Waals surface area contributed by atoms with Gasteiger partial charge in [-0.2, -0.15) is 20.1 Å². The number of hydrogen-bond donors (Lipinski definition) is 2. The fraction of sp³-hybridized carbons (Fsp3) is 0.300. The fourth-order valence-electron chi connectivity index (χ4n) is 3.53. The number of anilines is 3. The summed E-state index contributed by atoms with van der Waals surface area (Å²) in [4.78, 5) is 15.2. The summed E-state index contributed by atoms with van der Waals surface area (Å²) in [7, 11) is 0. The predicted molar refractivity (Wildman–Crippen MR) is 107 cm³/mol. The highest BCUT2D eigenvalue weighted by molar-refractivity contribution is 5.55. The van der Waals surface area contributed by atoms with Gasteiger partial charge in [-0.1, -0.05) is 12.1 Å². The Balaban J connectivity index is 1.62. The molecule has 9 heteroatoms.